The molecule has 0 aliphatic rings. The topological polar surface area (TPSA) is 44.8 Å². The van der Waals surface area contributed by atoms with E-state index in [0.717, 1.165) is 12.8 Å². The number of carbonyl (C=O) groups is 1. The van der Waals surface area contributed by atoms with Gasteiger partial charge in [-0.25, -0.2) is 0 Å². The number of methoxy groups -OCH3 is 3. The van der Waals surface area contributed by atoms with E-state index in [1.807, 2.05) is 0 Å². The average Bonchev–Trinajstić information content (AvgIpc) is 2.45. The second-order valence-electron chi connectivity index (χ2n) is 4.94. The maximum absolute atomic E-state index is 12.3. The number of hydrogen-bond acceptors (Lipinski definition) is 4. The van der Waals surface area contributed by atoms with Crippen molar-refractivity contribution in [2.45, 2.75) is 33.1 Å². The number of carbonyl (C=O) groups excluding carboxylic acids is 1. The summed E-state index contributed by atoms with van der Waals surface area (Å²) >= 11 is 0. The van der Waals surface area contributed by atoms with E-state index in [1.54, 1.807) is 33.5 Å². The highest BCUT2D eigenvalue weighted by atomic mass is 16.5. The Bertz CT molecular complexity index is 429. The summed E-state index contributed by atoms with van der Waals surface area (Å²) in [5.74, 6) is 2.02. The summed E-state index contributed by atoms with van der Waals surface area (Å²) in [5.41, 5.74) is 0.599. The molecule has 0 aliphatic carbocycles. The predicted molar refractivity (Wildman–Crippen MR) is 79.1 cm³/mol. The van der Waals surface area contributed by atoms with Crippen LogP contribution in [0.3, 0.4) is 0 Å². The van der Waals surface area contributed by atoms with Gasteiger partial charge in [-0.05, 0) is 18.1 Å². The molecule has 0 N–H and O–H groups in total. The van der Waals surface area contributed by atoms with Crippen LogP contribution in [-0.2, 0) is 0 Å². The van der Waals surface area contributed by atoms with E-state index in [0.29, 0.717) is 35.2 Å². The fourth-order valence-electron chi connectivity index (χ4n) is 2.27. The molecule has 0 saturated carbocycles. The van der Waals surface area contributed by atoms with E-state index in [-0.39, 0.29) is 5.78 Å². The van der Waals surface area contributed by atoms with Crippen LogP contribution in [-0.4, -0.2) is 27.1 Å². The highest BCUT2D eigenvalue weighted by molar-refractivity contribution is 5.97. The number of hydrogen-bond donors (Lipinski definition) is 0. The molecule has 0 fully saturated rings. The van der Waals surface area contributed by atoms with E-state index in [4.69, 9.17) is 14.2 Å². The Kier molecular flexibility index (Phi) is 6.36. The molecule has 1 atom stereocenters. The largest absolute Gasteiger partial charge is 0.493 e. The van der Waals surface area contributed by atoms with Crippen molar-refractivity contribution >= 4 is 5.78 Å². The molecule has 4 nitrogen and oxygen atoms in total. The second-order valence-corrected chi connectivity index (χ2v) is 4.94. The number of ketones is 1. The lowest BCUT2D eigenvalue weighted by Gasteiger charge is -2.14. The van der Waals surface area contributed by atoms with Crippen LogP contribution in [0, 0.1) is 5.92 Å². The highest BCUT2D eigenvalue weighted by Gasteiger charge is 2.18. The summed E-state index contributed by atoms with van der Waals surface area (Å²) in [7, 11) is 4.64. The van der Waals surface area contributed by atoms with Gasteiger partial charge < -0.3 is 14.2 Å². The normalized spacial score (nSPS) is 11.8. The van der Waals surface area contributed by atoms with E-state index in [9.17, 15) is 4.79 Å². The van der Waals surface area contributed by atoms with Crippen LogP contribution in [0.4, 0.5) is 0 Å². The summed E-state index contributed by atoms with van der Waals surface area (Å²) < 4.78 is 15.8. The fraction of sp³-hybridized carbons (Fsp3) is 0.562. The zero-order valence-corrected chi connectivity index (χ0v) is 13.0. The van der Waals surface area contributed by atoms with Gasteiger partial charge in [0.05, 0.1) is 21.3 Å². The molecule has 1 aromatic carbocycles. The van der Waals surface area contributed by atoms with Crippen LogP contribution >= 0.6 is 0 Å². The maximum atomic E-state index is 12.3. The molecule has 112 valence electrons. The van der Waals surface area contributed by atoms with Crippen LogP contribution in [0.1, 0.15) is 43.5 Å². The third-order valence-electron chi connectivity index (χ3n) is 3.30. The van der Waals surface area contributed by atoms with Gasteiger partial charge in [-0.15, -0.1) is 0 Å². The lowest BCUT2D eigenvalue weighted by atomic mass is 9.96. The van der Waals surface area contributed by atoms with Gasteiger partial charge in [0.1, 0.15) is 0 Å². The van der Waals surface area contributed by atoms with Gasteiger partial charge in [-0.3, -0.25) is 4.79 Å². The third-order valence-corrected chi connectivity index (χ3v) is 3.30. The van der Waals surface area contributed by atoms with Gasteiger partial charge in [0, 0.05) is 12.0 Å². The molecule has 1 rings (SSSR count). The van der Waals surface area contributed by atoms with Gasteiger partial charge in [0.25, 0.3) is 0 Å². The molecule has 0 amide bonds. The smallest absolute Gasteiger partial charge is 0.203 e. The standard InChI is InChI=1S/C16H24O4/c1-6-7-11(2)8-13(17)12-9-14(18-3)16(20-5)15(10-12)19-4/h9-11H,6-8H2,1-5H3. The van der Waals surface area contributed by atoms with Gasteiger partial charge >= 0.3 is 0 Å². The summed E-state index contributed by atoms with van der Waals surface area (Å²) in [6.45, 7) is 4.22. The third kappa shape index (κ3) is 3.89. The Balaban J connectivity index is 3.03. The SMILES string of the molecule is CCCC(C)CC(=O)c1cc(OC)c(OC)c(OC)c1. The van der Waals surface area contributed by atoms with Crippen molar-refractivity contribution in [1.82, 2.24) is 0 Å². The molecule has 0 bridgehead atoms. The van der Waals surface area contributed by atoms with Crippen molar-refractivity contribution in [2.75, 3.05) is 21.3 Å². The quantitative estimate of drug-likeness (QED) is 0.681. The molecule has 4 heteroatoms. The number of ether oxygens (including phenoxy) is 3. The number of rotatable bonds is 8. The molecule has 1 unspecified atom stereocenters. The molecular formula is C16H24O4. The monoisotopic (exact) mass is 280 g/mol. The Hall–Kier alpha value is -1.71. The highest BCUT2D eigenvalue weighted by Crippen LogP contribution is 2.38. The minimum atomic E-state index is 0.102. The summed E-state index contributed by atoms with van der Waals surface area (Å²) in [4.78, 5) is 12.3. The maximum Gasteiger partial charge on any atom is 0.203 e. The molecule has 0 aliphatic heterocycles. The van der Waals surface area contributed by atoms with Crippen molar-refractivity contribution in [1.29, 1.82) is 0 Å². The second kappa shape index (κ2) is 7.78. The van der Waals surface area contributed by atoms with Crippen LogP contribution < -0.4 is 14.2 Å². The van der Waals surface area contributed by atoms with Crippen LogP contribution in [0.25, 0.3) is 0 Å². The Morgan fingerprint density at radius 3 is 2.05 bits per heavy atom. The van der Waals surface area contributed by atoms with Crippen molar-refractivity contribution < 1.29 is 19.0 Å². The molecule has 0 radical (unpaired) electrons. The van der Waals surface area contributed by atoms with E-state index >= 15 is 0 Å². The molecule has 20 heavy (non-hydrogen) atoms. The van der Waals surface area contributed by atoms with Crippen molar-refractivity contribution in [3.63, 3.8) is 0 Å². The van der Waals surface area contributed by atoms with Gasteiger partial charge in [-0.2, -0.15) is 0 Å². The first-order valence-corrected chi connectivity index (χ1v) is 6.90. The van der Waals surface area contributed by atoms with Crippen molar-refractivity contribution in [3.05, 3.63) is 17.7 Å². The predicted octanol–water partition coefficient (Wildman–Crippen LogP) is 3.72. The number of Topliss-reactive ketones (excluding diaryl/α,β-unsaturated/α-hetero) is 1. The lowest BCUT2D eigenvalue weighted by molar-refractivity contribution is 0.0962. The first-order chi connectivity index (χ1) is 9.57. The van der Waals surface area contributed by atoms with Gasteiger partial charge in [-0.1, -0.05) is 26.7 Å². The fourth-order valence-corrected chi connectivity index (χ4v) is 2.27. The minimum Gasteiger partial charge on any atom is -0.493 e. The van der Waals surface area contributed by atoms with E-state index in [1.165, 1.54) is 0 Å². The molecule has 0 heterocycles. The summed E-state index contributed by atoms with van der Waals surface area (Å²) in [6, 6.07) is 3.42. The molecule has 0 spiro atoms. The molecule has 1 aromatic rings. The Morgan fingerprint density at radius 1 is 1.10 bits per heavy atom. The molecular weight excluding hydrogens is 256 g/mol. The van der Waals surface area contributed by atoms with Crippen molar-refractivity contribution in [2.24, 2.45) is 5.92 Å². The number of benzene rings is 1. The van der Waals surface area contributed by atoms with Crippen LogP contribution in [0.5, 0.6) is 17.2 Å². The van der Waals surface area contributed by atoms with Crippen LogP contribution in [0.2, 0.25) is 0 Å². The Labute approximate surface area is 121 Å². The van der Waals surface area contributed by atoms with E-state index < -0.39 is 0 Å². The summed E-state index contributed by atoms with van der Waals surface area (Å²) in [6.07, 6.45) is 2.67. The first kappa shape index (κ1) is 16.3. The van der Waals surface area contributed by atoms with Crippen LogP contribution in [0.15, 0.2) is 12.1 Å². The van der Waals surface area contributed by atoms with E-state index in [2.05, 4.69) is 13.8 Å². The van der Waals surface area contributed by atoms with Gasteiger partial charge in [0.15, 0.2) is 17.3 Å². The summed E-state index contributed by atoms with van der Waals surface area (Å²) in [5, 5.41) is 0. The zero-order chi connectivity index (χ0) is 15.1. The lowest BCUT2D eigenvalue weighted by Crippen LogP contribution is -2.07. The van der Waals surface area contributed by atoms with Crippen molar-refractivity contribution in [3.8, 4) is 17.2 Å². The molecule has 0 aromatic heterocycles. The minimum absolute atomic E-state index is 0.102. The molecule has 0 saturated heterocycles. The Morgan fingerprint density at radius 2 is 1.65 bits per heavy atom. The zero-order valence-electron chi connectivity index (χ0n) is 13.0. The average molecular weight is 280 g/mol. The first-order valence-electron chi connectivity index (χ1n) is 6.90. The van der Waals surface area contributed by atoms with Gasteiger partial charge in [0.2, 0.25) is 5.75 Å².